The molecule has 0 spiro atoms. The van der Waals surface area contributed by atoms with Gasteiger partial charge in [-0.3, -0.25) is 9.59 Å². The molecule has 0 saturated heterocycles. The normalized spacial score (nSPS) is 10.2. The molecule has 0 aliphatic heterocycles. The minimum absolute atomic E-state index is 0.425. The minimum Gasteiger partial charge on any atom is -0.496 e. The van der Waals surface area contributed by atoms with Gasteiger partial charge < -0.3 is 19.8 Å². The van der Waals surface area contributed by atoms with Gasteiger partial charge in [-0.1, -0.05) is 12.1 Å². The molecule has 7 heteroatoms. The number of ether oxygens (including phenoxy) is 1. The van der Waals surface area contributed by atoms with E-state index in [0.717, 1.165) is 5.56 Å². The van der Waals surface area contributed by atoms with E-state index in [0.29, 0.717) is 28.4 Å². The third-order valence-electron chi connectivity index (χ3n) is 3.64. The second kappa shape index (κ2) is 7.52. The fraction of sp³-hybridized carbons (Fsp3) is 0.105. The number of hydrogen-bond donors (Lipinski definition) is 2. The molecule has 0 saturated carbocycles. The van der Waals surface area contributed by atoms with E-state index in [1.807, 2.05) is 13.0 Å². The fourth-order valence-electron chi connectivity index (χ4n) is 2.42. The summed E-state index contributed by atoms with van der Waals surface area (Å²) in [5.41, 5.74) is 2.65. The third-order valence-corrected chi connectivity index (χ3v) is 3.64. The molecule has 0 fully saturated rings. The highest BCUT2D eigenvalue weighted by Gasteiger charge is 2.16. The first-order chi connectivity index (χ1) is 12.6. The van der Waals surface area contributed by atoms with Crippen LogP contribution in [0.3, 0.4) is 0 Å². The lowest BCUT2D eigenvalue weighted by molar-refractivity contribution is -0.132. The van der Waals surface area contributed by atoms with Gasteiger partial charge in [0, 0.05) is 17.4 Å². The summed E-state index contributed by atoms with van der Waals surface area (Å²) in [4.78, 5) is 28.1. The van der Waals surface area contributed by atoms with Gasteiger partial charge in [0.1, 0.15) is 5.75 Å². The number of nitrogens with zero attached hydrogens (tertiary/aromatic N) is 1. The van der Waals surface area contributed by atoms with Gasteiger partial charge in [-0.05, 0) is 36.8 Å². The van der Waals surface area contributed by atoms with E-state index in [4.69, 9.17) is 9.15 Å². The van der Waals surface area contributed by atoms with Crippen molar-refractivity contribution in [3.8, 4) is 17.1 Å². The summed E-state index contributed by atoms with van der Waals surface area (Å²) in [6, 6.07) is 12.2. The molecule has 3 aromatic rings. The summed E-state index contributed by atoms with van der Waals surface area (Å²) in [6.07, 6.45) is 2.88. The van der Waals surface area contributed by atoms with Gasteiger partial charge >= 0.3 is 11.8 Å². The first kappa shape index (κ1) is 17.2. The Morgan fingerprint density at radius 2 is 1.77 bits per heavy atom. The Kier molecular flexibility index (Phi) is 4.98. The Hall–Kier alpha value is -3.61. The second-order valence-corrected chi connectivity index (χ2v) is 5.56. The summed E-state index contributed by atoms with van der Waals surface area (Å²) in [5, 5.41) is 5.11. The van der Waals surface area contributed by atoms with E-state index in [-0.39, 0.29) is 0 Å². The minimum atomic E-state index is -0.777. The lowest BCUT2D eigenvalue weighted by Gasteiger charge is -2.10. The number of benzene rings is 2. The van der Waals surface area contributed by atoms with Gasteiger partial charge in [0.25, 0.3) is 0 Å². The van der Waals surface area contributed by atoms with E-state index in [1.54, 1.807) is 42.6 Å². The zero-order valence-corrected chi connectivity index (χ0v) is 14.3. The Balaban J connectivity index is 1.72. The lowest BCUT2D eigenvalue weighted by Crippen LogP contribution is -2.29. The predicted octanol–water partition coefficient (Wildman–Crippen LogP) is 3.24. The number of aromatic nitrogens is 1. The van der Waals surface area contributed by atoms with Crippen LogP contribution >= 0.6 is 0 Å². The number of hydrogen-bond acceptors (Lipinski definition) is 5. The molecule has 0 atom stereocenters. The van der Waals surface area contributed by atoms with Crippen LogP contribution in [0.5, 0.6) is 5.75 Å². The molecule has 2 amide bonds. The summed E-state index contributed by atoms with van der Waals surface area (Å²) in [7, 11) is 1.51. The zero-order chi connectivity index (χ0) is 18.5. The van der Waals surface area contributed by atoms with Crippen LogP contribution in [0.1, 0.15) is 5.56 Å². The van der Waals surface area contributed by atoms with Crippen molar-refractivity contribution in [2.24, 2.45) is 0 Å². The highest BCUT2D eigenvalue weighted by Crippen LogP contribution is 2.32. The maximum absolute atomic E-state index is 12.1. The van der Waals surface area contributed by atoms with Crippen LogP contribution in [0, 0.1) is 6.92 Å². The molecular formula is C19H17N3O4. The molecule has 2 aromatic carbocycles. The molecule has 0 radical (unpaired) electrons. The van der Waals surface area contributed by atoms with Crippen LogP contribution in [-0.4, -0.2) is 23.9 Å². The molecule has 7 nitrogen and oxygen atoms in total. The first-order valence-electron chi connectivity index (χ1n) is 7.82. The van der Waals surface area contributed by atoms with E-state index in [9.17, 15) is 9.59 Å². The van der Waals surface area contributed by atoms with Crippen LogP contribution < -0.4 is 15.4 Å². The molecule has 0 aliphatic carbocycles. The third kappa shape index (κ3) is 3.89. The number of rotatable bonds is 4. The van der Waals surface area contributed by atoms with E-state index >= 15 is 0 Å². The molecule has 132 valence electrons. The van der Waals surface area contributed by atoms with Gasteiger partial charge in [0.05, 0.1) is 18.9 Å². The topological polar surface area (TPSA) is 93.5 Å². The Morgan fingerprint density at radius 1 is 1.04 bits per heavy atom. The van der Waals surface area contributed by atoms with Crippen LogP contribution in [-0.2, 0) is 9.59 Å². The van der Waals surface area contributed by atoms with Crippen LogP contribution in [0.2, 0.25) is 0 Å². The molecular weight excluding hydrogens is 334 g/mol. The first-order valence-corrected chi connectivity index (χ1v) is 7.82. The van der Waals surface area contributed by atoms with Crippen molar-refractivity contribution in [2.75, 3.05) is 17.7 Å². The SMILES string of the molecule is COc1cc(NC(=O)C(=O)Nc2cccc(C)c2)ccc1-c1cnco1. The van der Waals surface area contributed by atoms with E-state index < -0.39 is 11.8 Å². The smallest absolute Gasteiger partial charge is 0.314 e. The molecule has 1 aromatic heterocycles. The molecule has 1 heterocycles. The second-order valence-electron chi connectivity index (χ2n) is 5.56. The number of aryl methyl sites for hydroxylation is 1. The molecule has 0 unspecified atom stereocenters. The predicted molar refractivity (Wildman–Crippen MR) is 96.9 cm³/mol. The average Bonchev–Trinajstić information content (AvgIpc) is 3.16. The number of nitrogens with one attached hydrogen (secondary N) is 2. The molecule has 0 bridgehead atoms. The molecule has 0 aliphatic rings. The lowest BCUT2D eigenvalue weighted by atomic mass is 10.1. The van der Waals surface area contributed by atoms with Crippen LogP contribution in [0.25, 0.3) is 11.3 Å². The number of amides is 2. The fourth-order valence-corrected chi connectivity index (χ4v) is 2.42. The van der Waals surface area contributed by atoms with Crippen molar-refractivity contribution in [2.45, 2.75) is 6.92 Å². The maximum atomic E-state index is 12.1. The van der Waals surface area contributed by atoms with Crippen molar-refractivity contribution in [3.63, 3.8) is 0 Å². The highest BCUT2D eigenvalue weighted by molar-refractivity contribution is 6.43. The van der Waals surface area contributed by atoms with Crippen LogP contribution in [0.15, 0.2) is 59.5 Å². The maximum Gasteiger partial charge on any atom is 0.314 e. The summed E-state index contributed by atoms with van der Waals surface area (Å²) in [6.45, 7) is 1.90. The van der Waals surface area contributed by atoms with Gasteiger partial charge in [-0.15, -0.1) is 0 Å². The van der Waals surface area contributed by atoms with Crippen molar-refractivity contribution in [1.29, 1.82) is 0 Å². The molecule has 26 heavy (non-hydrogen) atoms. The number of anilines is 2. The number of oxazole rings is 1. The van der Waals surface area contributed by atoms with Gasteiger partial charge in [-0.25, -0.2) is 4.98 Å². The highest BCUT2D eigenvalue weighted by atomic mass is 16.5. The Bertz CT molecular complexity index is 936. The summed E-state index contributed by atoms with van der Waals surface area (Å²) >= 11 is 0. The van der Waals surface area contributed by atoms with E-state index in [2.05, 4.69) is 15.6 Å². The van der Waals surface area contributed by atoms with Crippen LogP contribution in [0.4, 0.5) is 11.4 Å². The number of carbonyl (C=O) groups is 2. The number of carbonyl (C=O) groups excluding carboxylic acids is 2. The summed E-state index contributed by atoms with van der Waals surface area (Å²) < 4.78 is 10.6. The molecule has 3 rings (SSSR count). The molecule has 2 N–H and O–H groups in total. The summed E-state index contributed by atoms with van der Waals surface area (Å²) in [5.74, 6) is -0.509. The van der Waals surface area contributed by atoms with Crippen molar-refractivity contribution < 1.29 is 18.7 Å². The van der Waals surface area contributed by atoms with Crippen molar-refractivity contribution in [1.82, 2.24) is 4.98 Å². The standard InChI is InChI=1S/C19H17N3O4/c1-12-4-3-5-13(8-12)21-18(23)19(24)22-14-6-7-15(16(9-14)25-2)17-10-20-11-26-17/h3-11H,1-2H3,(H,21,23)(H,22,24). The zero-order valence-electron chi connectivity index (χ0n) is 14.3. The van der Waals surface area contributed by atoms with Gasteiger partial charge in [0.2, 0.25) is 0 Å². The van der Waals surface area contributed by atoms with Crippen molar-refractivity contribution in [3.05, 3.63) is 60.6 Å². The van der Waals surface area contributed by atoms with E-state index in [1.165, 1.54) is 13.5 Å². The quantitative estimate of drug-likeness (QED) is 0.704. The average molecular weight is 351 g/mol. The van der Waals surface area contributed by atoms with Crippen molar-refractivity contribution >= 4 is 23.2 Å². The largest absolute Gasteiger partial charge is 0.496 e. The van der Waals surface area contributed by atoms with Gasteiger partial charge in [0.15, 0.2) is 12.2 Å². The van der Waals surface area contributed by atoms with Gasteiger partial charge in [-0.2, -0.15) is 0 Å². The monoisotopic (exact) mass is 351 g/mol. The Morgan fingerprint density at radius 3 is 2.38 bits per heavy atom. The number of methoxy groups -OCH3 is 1. The Labute approximate surface area is 150 Å².